The smallest absolute Gasteiger partial charge is 0.107 e. The fourth-order valence-electron chi connectivity index (χ4n) is 3.99. The van der Waals surface area contributed by atoms with Crippen molar-refractivity contribution in [2.24, 2.45) is 17.8 Å². The average molecular weight is 423 g/mol. The van der Waals surface area contributed by atoms with E-state index in [1.54, 1.807) is 0 Å². The van der Waals surface area contributed by atoms with E-state index in [1.165, 1.54) is 56.7 Å². The summed E-state index contributed by atoms with van der Waals surface area (Å²) in [6.07, 6.45) is 11.4. The number of aliphatic hydroxyl groups is 2. The summed E-state index contributed by atoms with van der Waals surface area (Å²) in [6, 6.07) is 9.91. The van der Waals surface area contributed by atoms with Gasteiger partial charge in [0.25, 0.3) is 0 Å². The molecule has 4 unspecified atom stereocenters. The highest BCUT2D eigenvalue weighted by molar-refractivity contribution is 7.99. The maximum Gasteiger partial charge on any atom is 0.107 e. The number of rotatable bonds is 16. The van der Waals surface area contributed by atoms with E-state index in [-0.39, 0.29) is 0 Å². The SMILES string of the molecule is CC(C)CCCC(C)CCCC(C)CCCC(C)(O)CC(O)Sc1ccccc1. The Labute approximate surface area is 184 Å². The van der Waals surface area contributed by atoms with Gasteiger partial charge in [-0.1, -0.05) is 109 Å². The van der Waals surface area contributed by atoms with Gasteiger partial charge in [0, 0.05) is 11.3 Å². The first kappa shape index (κ1) is 26.5. The third-order valence-corrected chi connectivity index (χ3v) is 6.90. The molecule has 0 aliphatic rings. The lowest BCUT2D eigenvalue weighted by atomic mass is 9.89. The van der Waals surface area contributed by atoms with E-state index in [0.717, 1.165) is 35.5 Å². The molecule has 1 rings (SSSR count). The highest BCUT2D eigenvalue weighted by Gasteiger charge is 2.25. The average Bonchev–Trinajstić information content (AvgIpc) is 2.61. The van der Waals surface area contributed by atoms with Crippen LogP contribution in [0.1, 0.15) is 98.8 Å². The molecule has 0 saturated carbocycles. The first-order valence-electron chi connectivity index (χ1n) is 11.8. The van der Waals surface area contributed by atoms with Gasteiger partial charge >= 0.3 is 0 Å². The minimum absolute atomic E-state index is 0.412. The number of thioether (sulfide) groups is 1. The maximum absolute atomic E-state index is 10.7. The Morgan fingerprint density at radius 3 is 1.90 bits per heavy atom. The molecule has 0 amide bonds. The van der Waals surface area contributed by atoms with Gasteiger partial charge in [0.2, 0.25) is 0 Å². The Kier molecular flexibility index (Phi) is 13.3. The summed E-state index contributed by atoms with van der Waals surface area (Å²) >= 11 is 1.43. The Hall–Kier alpha value is -0.510. The molecule has 0 aliphatic heterocycles. The van der Waals surface area contributed by atoms with Crippen LogP contribution in [-0.4, -0.2) is 21.3 Å². The fourth-order valence-corrected chi connectivity index (χ4v) is 5.06. The van der Waals surface area contributed by atoms with E-state index in [0.29, 0.717) is 6.42 Å². The van der Waals surface area contributed by atoms with Gasteiger partial charge in [-0.05, 0) is 43.2 Å². The second-order valence-corrected chi connectivity index (χ2v) is 11.2. The van der Waals surface area contributed by atoms with Crippen LogP contribution in [0.3, 0.4) is 0 Å². The minimum atomic E-state index is -0.800. The van der Waals surface area contributed by atoms with Crippen LogP contribution in [0.15, 0.2) is 35.2 Å². The molecule has 0 bridgehead atoms. The molecule has 0 saturated heterocycles. The molecule has 0 aromatic heterocycles. The predicted octanol–water partition coefficient (Wildman–Crippen LogP) is 7.68. The molecular weight excluding hydrogens is 376 g/mol. The van der Waals surface area contributed by atoms with Crippen molar-refractivity contribution in [3.8, 4) is 0 Å². The number of hydrogen-bond donors (Lipinski definition) is 2. The van der Waals surface area contributed by atoms with E-state index in [9.17, 15) is 10.2 Å². The van der Waals surface area contributed by atoms with Crippen LogP contribution in [0.4, 0.5) is 0 Å². The Morgan fingerprint density at radius 1 is 0.828 bits per heavy atom. The molecule has 0 heterocycles. The van der Waals surface area contributed by atoms with Crippen LogP contribution >= 0.6 is 11.8 Å². The summed E-state index contributed by atoms with van der Waals surface area (Å²) in [5.41, 5.74) is -1.37. The lowest BCUT2D eigenvalue weighted by Crippen LogP contribution is -2.28. The van der Waals surface area contributed by atoms with Crippen LogP contribution < -0.4 is 0 Å². The molecule has 0 radical (unpaired) electrons. The van der Waals surface area contributed by atoms with E-state index >= 15 is 0 Å². The minimum Gasteiger partial charge on any atom is -0.390 e. The number of hydrogen-bond acceptors (Lipinski definition) is 3. The summed E-state index contributed by atoms with van der Waals surface area (Å²) in [5, 5.41) is 21.0. The van der Waals surface area contributed by atoms with Crippen molar-refractivity contribution in [2.75, 3.05) is 0 Å². The molecule has 168 valence electrons. The van der Waals surface area contributed by atoms with Crippen LogP contribution in [0.25, 0.3) is 0 Å². The summed E-state index contributed by atoms with van der Waals surface area (Å²) in [4.78, 5) is 1.04. The quantitative estimate of drug-likeness (QED) is 0.212. The highest BCUT2D eigenvalue weighted by Crippen LogP contribution is 2.30. The van der Waals surface area contributed by atoms with Gasteiger partial charge in [0.05, 0.1) is 5.60 Å². The first-order valence-corrected chi connectivity index (χ1v) is 12.7. The second-order valence-electron chi connectivity index (χ2n) is 9.94. The zero-order chi connectivity index (χ0) is 21.7. The summed E-state index contributed by atoms with van der Waals surface area (Å²) < 4.78 is 0. The molecule has 1 aromatic rings. The van der Waals surface area contributed by atoms with E-state index in [4.69, 9.17) is 0 Å². The molecule has 2 nitrogen and oxygen atoms in total. The third kappa shape index (κ3) is 14.2. The van der Waals surface area contributed by atoms with Crippen molar-refractivity contribution in [1.82, 2.24) is 0 Å². The summed E-state index contributed by atoms with van der Waals surface area (Å²) in [6.45, 7) is 11.2. The molecule has 2 N–H and O–H groups in total. The van der Waals surface area contributed by atoms with Crippen molar-refractivity contribution < 1.29 is 10.2 Å². The topological polar surface area (TPSA) is 40.5 Å². The lowest BCUT2D eigenvalue weighted by molar-refractivity contribution is 0.0156. The molecule has 3 heteroatoms. The van der Waals surface area contributed by atoms with Gasteiger partial charge in [-0.3, -0.25) is 0 Å². The van der Waals surface area contributed by atoms with Gasteiger partial charge < -0.3 is 10.2 Å². The van der Waals surface area contributed by atoms with Crippen LogP contribution in [0.2, 0.25) is 0 Å². The van der Waals surface area contributed by atoms with Gasteiger partial charge in [0.15, 0.2) is 0 Å². The largest absolute Gasteiger partial charge is 0.390 e. The molecular formula is C26H46O2S. The van der Waals surface area contributed by atoms with E-state index < -0.39 is 11.0 Å². The summed E-state index contributed by atoms with van der Waals surface area (Å²) in [5.74, 6) is 2.40. The van der Waals surface area contributed by atoms with Crippen LogP contribution in [0, 0.1) is 17.8 Å². The molecule has 1 aromatic carbocycles. The molecule has 29 heavy (non-hydrogen) atoms. The Morgan fingerprint density at radius 2 is 1.34 bits per heavy atom. The van der Waals surface area contributed by atoms with Crippen molar-refractivity contribution in [3.05, 3.63) is 30.3 Å². The van der Waals surface area contributed by atoms with Crippen molar-refractivity contribution in [2.45, 2.75) is 115 Å². The molecule has 4 atom stereocenters. The van der Waals surface area contributed by atoms with E-state index in [1.807, 2.05) is 37.3 Å². The Bertz CT molecular complexity index is 515. The van der Waals surface area contributed by atoms with Crippen LogP contribution in [0.5, 0.6) is 0 Å². The number of benzene rings is 1. The van der Waals surface area contributed by atoms with Gasteiger partial charge in [0.1, 0.15) is 5.44 Å². The van der Waals surface area contributed by atoms with E-state index in [2.05, 4.69) is 27.7 Å². The monoisotopic (exact) mass is 422 g/mol. The zero-order valence-corrected chi connectivity index (χ0v) is 20.4. The van der Waals surface area contributed by atoms with Gasteiger partial charge in [-0.15, -0.1) is 0 Å². The Balaban J connectivity index is 2.14. The normalized spacial score (nSPS) is 17.1. The predicted molar refractivity (Wildman–Crippen MR) is 128 cm³/mol. The number of aliphatic hydroxyl groups excluding tert-OH is 1. The third-order valence-electron chi connectivity index (χ3n) is 5.91. The second kappa shape index (κ2) is 14.5. The van der Waals surface area contributed by atoms with Gasteiger partial charge in [-0.2, -0.15) is 0 Å². The van der Waals surface area contributed by atoms with Crippen molar-refractivity contribution in [3.63, 3.8) is 0 Å². The summed E-state index contributed by atoms with van der Waals surface area (Å²) in [7, 11) is 0. The standard InChI is InChI=1S/C26H46O2S/c1-21(2)12-9-13-22(3)14-10-15-23(4)16-11-19-26(5,28)20-25(27)29-24-17-7-6-8-18-24/h6-8,17-18,21-23,25,27-28H,9-16,19-20H2,1-5H3. The molecule has 0 spiro atoms. The lowest BCUT2D eigenvalue weighted by Gasteiger charge is -2.26. The zero-order valence-electron chi connectivity index (χ0n) is 19.6. The van der Waals surface area contributed by atoms with Crippen LogP contribution in [-0.2, 0) is 0 Å². The molecule has 0 fully saturated rings. The van der Waals surface area contributed by atoms with Gasteiger partial charge in [-0.25, -0.2) is 0 Å². The fraction of sp³-hybridized carbons (Fsp3) is 0.769. The first-order chi connectivity index (χ1) is 13.7. The maximum atomic E-state index is 10.7. The molecule has 0 aliphatic carbocycles. The highest BCUT2D eigenvalue weighted by atomic mass is 32.2. The van der Waals surface area contributed by atoms with Crippen molar-refractivity contribution >= 4 is 11.8 Å². The van der Waals surface area contributed by atoms with Crippen molar-refractivity contribution in [1.29, 1.82) is 0 Å².